The third-order valence-corrected chi connectivity index (χ3v) is 7.40. The van der Waals surface area contributed by atoms with Crippen molar-refractivity contribution in [2.75, 3.05) is 42.9 Å². The molecule has 1 atom stereocenters. The summed E-state index contributed by atoms with van der Waals surface area (Å²) in [5.41, 5.74) is 1.75. The summed E-state index contributed by atoms with van der Waals surface area (Å²) in [6.07, 6.45) is 3.22. The van der Waals surface area contributed by atoms with Gasteiger partial charge in [-0.05, 0) is 51.5 Å². The molecule has 0 unspecified atom stereocenters. The molecule has 4 heterocycles. The molecule has 2 aromatic heterocycles. The SMILES string of the molecule is CC(C)N1CCN(c2cc3c(cc2NC(=O)c2cnn4cccnc24)CN(C[C@@H](F)C(C)(C)O)C3=O)CC1. The Morgan fingerprint density at radius 2 is 1.95 bits per heavy atom. The maximum absolute atomic E-state index is 14.6. The lowest BCUT2D eigenvalue weighted by molar-refractivity contribution is -0.0159. The van der Waals surface area contributed by atoms with Crippen LogP contribution in [0.15, 0.2) is 36.8 Å². The van der Waals surface area contributed by atoms with Gasteiger partial charge in [-0.1, -0.05) is 0 Å². The molecule has 0 saturated carbocycles. The van der Waals surface area contributed by atoms with Crippen molar-refractivity contribution < 1.29 is 19.1 Å². The number of alkyl halides is 1. The summed E-state index contributed by atoms with van der Waals surface area (Å²) >= 11 is 0. The van der Waals surface area contributed by atoms with Crippen LogP contribution in [0.5, 0.6) is 0 Å². The van der Waals surface area contributed by atoms with Gasteiger partial charge < -0.3 is 20.2 Å². The molecule has 0 aliphatic carbocycles. The summed E-state index contributed by atoms with van der Waals surface area (Å²) < 4.78 is 16.2. The van der Waals surface area contributed by atoms with Crippen molar-refractivity contribution in [3.05, 3.63) is 53.5 Å². The van der Waals surface area contributed by atoms with Crippen molar-refractivity contribution in [2.45, 2.75) is 52.1 Å². The van der Waals surface area contributed by atoms with Crippen LogP contribution in [0.3, 0.4) is 0 Å². The van der Waals surface area contributed by atoms with E-state index in [1.165, 1.54) is 29.5 Å². The Labute approximate surface area is 221 Å². The Bertz CT molecular complexity index is 1360. The number of anilines is 2. The fourth-order valence-corrected chi connectivity index (χ4v) is 4.99. The van der Waals surface area contributed by atoms with Gasteiger partial charge in [0.1, 0.15) is 11.7 Å². The third kappa shape index (κ3) is 4.95. The maximum Gasteiger partial charge on any atom is 0.261 e. The Hall–Kier alpha value is -3.57. The van der Waals surface area contributed by atoms with Crippen molar-refractivity contribution in [2.24, 2.45) is 0 Å². The normalized spacial score (nSPS) is 17.4. The summed E-state index contributed by atoms with van der Waals surface area (Å²) in [5.74, 6) is -0.633. The maximum atomic E-state index is 14.6. The first-order chi connectivity index (χ1) is 18.0. The number of rotatable bonds is 7. The van der Waals surface area contributed by atoms with Crippen LogP contribution in [0.1, 0.15) is 54.0 Å². The van der Waals surface area contributed by atoms with Gasteiger partial charge in [0, 0.05) is 56.7 Å². The molecule has 3 aromatic rings. The molecular formula is C27H34FN7O3. The van der Waals surface area contributed by atoms with Crippen molar-refractivity contribution in [3.8, 4) is 0 Å². The van der Waals surface area contributed by atoms with Crippen LogP contribution in [-0.2, 0) is 6.54 Å². The quantitative estimate of drug-likeness (QED) is 0.490. The van der Waals surface area contributed by atoms with Crippen LogP contribution in [0.4, 0.5) is 15.8 Å². The first-order valence-corrected chi connectivity index (χ1v) is 12.9. The van der Waals surface area contributed by atoms with Crippen molar-refractivity contribution in [1.29, 1.82) is 0 Å². The van der Waals surface area contributed by atoms with E-state index in [0.717, 1.165) is 31.9 Å². The molecule has 2 aliphatic rings. The van der Waals surface area contributed by atoms with Gasteiger partial charge >= 0.3 is 0 Å². The van der Waals surface area contributed by atoms with Crippen molar-refractivity contribution in [1.82, 2.24) is 24.4 Å². The molecule has 0 radical (unpaired) electrons. The lowest BCUT2D eigenvalue weighted by atomic mass is 10.0. The molecule has 202 valence electrons. The smallest absolute Gasteiger partial charge is 0.261 e. The molecule has 10 nitrogen and oxygen atoms in total. The van der Waals surface area contributed by atoms with Crippen molar-refractivity contribution in [3.63, 3.8) is 0 Å². The van der Waals surface area contributed by atoms with Crippen molar-refractivity contribution >= 4 is 28.8 Å². The Kier molecular flexibility index (Phi) is 6.83. The standard InChI is InChI=1S/C27H34FN7O3/c1-17(2)32-8-10-33(11-9-32)22-13-19-18(15-34(26(19)37)16-23(28)27(3,4)38)12-21(22)31-25(36)20-14-30-35-7-5-6-29-24(20)35/h5-7,12-14,17,23,38H,8-11,15-16H2,1-4H3,(H,31,36)/t23-/m1/s1. The van der Waals surface area contributed by atoms with Crippen LogP contribution in [0.2, 0.25) is 0 Å². The number of carbonyl (C=O) groups is 2. The average molecular weight is 524 g/mol. The van der Waals surface area contributed by atoms with E-state index in [1.54, 1.807) is 18.5 Å². The summed E-state index contributed by atoms with van der Waals surface area (Å²) in [5, 5.41) is 17.3. The van der Waals surface area contributed by atoms with Crippen LogP contribution in [0.25, 0.3) is 5.65 Å². The van der Waals surface area contributed by atoms with Gasteiger partial charge in [-0.3, -0.25) is 14.5 Å². The highest BCUT2D eigenvalue weighted by Gasteiger charge is 2.36. The third-order valence-electron chi connectivity index (χ3n) is 7.40. The predicted octanol–water partition coefficient (Wildman–Crippen LogP) is 2.58. The van der Waals surface area contributed by atoms with E-state index in [1.807, 2.05) is 12.1 Å². The predicted molar refractivity (Wildman–Crippen MR) is 142 cm³/mol. The van der Waals surface area contributed by atoms with Crippen LogP contribution in [0, 0.1) is 0 Å². The minimum Gasteiger partial charge on any atom is -0.387 e. The van der Waals surface area contributed by atoms with E-state index >= 15 is 0 Å². The minimum atomic E-state index is -1.59. The van der Waals surface area contributed by atoms with Gasteiger partial charge in [0.25, 0.3) is 11.8 Å². The minimum absolute atomic E-state index is 0.202. The van der Waals surface area contributed by atoms with Crippen LogP contribution in [-0.4, -0.2) is 91.9 Å². The van der Waals surface area contributed by atoms with Gasteiger partial charge in [-0.25, -0.2) is 13.9 Å². The molecule has 5 rings (SSSR count). The number of benzene rings is 1. The highest BCUT2D eigenvalue weighted by molar-refractivity contribution is 6.10. The monoisotopic (exact) mass is 523 g/mol. The first kappa shape index (κ1) is 26.1. The summed E-state index contributed by atoms with van der Waals surface area (Å²) in [7, 11) is 0. The lowest BCUT2D eigenvalue weighted by Gasteiger charge is -2.39. The number of amides is 2. The molecule has 0 bridgehead atoms. The van der Waals surface area contributed by atoms with E-state index < -0.39 is 11.8 Å². The first-order valence-electron chi connectivity index (χ1n) is 12.9. The Balaban J connectivity index is 1.46. The second kappa shape index (κ2) is 9.95. The summed E-state index contributed by atoms with van der Waals surface area (Å²) in [6.45, 7) is 10.3. The summed E-state index contributed by atoms with van der Waals surface area (Å²) in [6, 6.07) is 5.79. The van der Waals surface area contributed by atoms with Gasteiger partial charge in [-0.15, -0.1) is 0 Å². The Morgan fingerprint density at radius 1 is 1.21 bits per heavy atom. The lowest BCUT2D eigenvalue weighted by Crippen LogP contribution is -2.49. The number of piperazine rings is 1. The second-order valence-corrected chi connectivity index (χ2v) is 10.9. The molecule has 2 N–H and O–H groups in total. The zero-order chi connectivity index (χ0) is 27.2. The van der Waals surface area contributed by atoms with Gasteiger partial charge in [0.05, 0.1) is 29.7 Å². The second-order valence-electron chi connectivity index (χ2n) is 10.9. The molecule has 2 aliphatic heterocycles. The zero-order valence-corrected chi connectivity index (χ0v) is 22.2. The van der Waals surface area contributed by atoms with E-state index in [0.29, 0.717) is 34.1 Å². The largest absolute Gasteiger partial charge is 0.387 e. The van der Waals surface area contributed by atoms with E-state index in [4.69, 9.17) is 0 Å². The van der Waals surface area contributed by atoms with E-state index in [9.17, 15) is 19.1 Å². The Morgan fingerprint density at radius 3 is 2.63 bits per heavy atom. The molecule has 11 heteroatoms. The van der Waals surface area contributed by atoms with E-state index in [2.05, 4.69) is 39.0 Å². The molecule has 1 fully saturated rings. The molecule has 0 spiro atoms. The number of aliphatic hydroxyl groups is 1. The number of aromatic nitrogens is 3. The van der Waals surface area contributed by atoms with E-state index in [-0.39, 0.29) is 24.9 Å². The fraction of sp³-hybridized carbons (Fsp3) is 0.481. The number of hydrogen-bond donors (Lipinski definition) is 2. The average Bonchev–Trinajstić information content (AvgIpc) is 3.44. The highest BCUT2D eigenvalue weighted by atomic mass is 19.1. The number of halogens is 1. The molecule has 1 aromatic carbocycles. The number of fused-ring (bicyclic) bond motifs is 2. The number of hydrogen-bond acceptors (Lipinski definition) is 7. The van der Waals surface area contributed by atoms with Gasteiger partial charge in [0.2, 0.25) is 0 Å². The molecule has 2 amide bonds. The molecule has 38 heavy (non-hydrogen) atoms. The fourth-order valence-electron chi connectivity index (χ4n) is 4.99. The van der Waals surface area contributed by atoms with Gasteiger partial charge in [-0.2, -0.15) is 5.10 Å². The number of nitrogens with one attached hydrogen (secondary N) is 1. The van der Waals surface area contributed by atoms with Crippen LogP contribution >= 0.6 is 0 Å². The van der Waals surface area contributed by atoms with Crippen LogP contribution < -0.4 is 10.2 Å². The zero-order valence-electron chi connectivity index (χ0n) is 22.2. The topological polar surface area (TPSA) is 106 Å². The van der Waals surface area contributed by atoms with Gasteiger partial charge in [0.15, 0.2) is 5.65 Å². The highest BCUT2D eigenvalue weighted by Crippen LogP contribution is 2.36. The molecular weight excluding hydrogens is 489 g/mol. The molecule has 1 saturated heterocycles. The summed E-state index contributed by atoms with van der Waals surface area (Å²) in [4.78, 5) is 36.9. The number of nitrogens with zero attached hydrogens (tertiary/aromatic N) is 6. The number of carbonyl (C=O) groups excluding carboxylic acids is 2.